The number of allylic oxidation sites excluding steroid dienone is 7. The van der Waals surface area contributed by atoms with E-state index in [1.54, 1.807) is 17.1 Å². The Kier molecular flexibility index (Phi) is 9.39. The van der Waals surface area contributed by atoms with Crippen molar-refractivity contribution in [3.05, 3.63) is 85.5 Å². The smallest absolute Gasteiger partial charge is 0.294 e. The van der Waals surface area contributed by atoms with Gasteiger partial charge in [-0.2, -0.15) is 0 Å². The highest BCUT2D eigenvalue weighted by atomic mass is 79.9. The van der Waals surface area contributed by atoms with Gasteiger partial charge in [0.1, 0.15) is 6.54 Å². The maximum Gasteiger partial charge on any atom is 0.294 e. The number of hydrogen-bond donors (Lipinski definition) is 1. The normalized spacial score (nSPS) is 36.4. The SMILES string of the molecule is CC1=C(O)C(=O)C=C2C1=CC=C1[C@@]2(C)CC[C@@]2(C)[C@@H]3C[C@](C)(C(=O)N4CCN(C(=O)CN5C(=O)S/C(=C\c6cccc(Br)c6)C5=O)CC4)CC[C@]3(C)CC[C@]12C. The number of benzene rings is 1. The van der Waals surface area contributed by atoms with Crippen molar-refractivity contribution in [1.29, 1.82) is 0 Å². The number of carbonyl (C=O) groups excluding carboxylic acids is 5. The van der Waals surface area contributed by atoms with Crippen LogP contribution in [-0.4, -0.2) is 81.3 Å². The van der Waals surface area contributed by atoms with E-state index in [-0.39, 0.29) is 56.5 Å². The predicted octanol–water partition coefficient (Wildman–Crippen LogP) is 8.78. The summed E-state index contributed by atoms with van der Waals surface area (Å²) in [5.74, 6) is -0.758. The van der Waals surface area contributed by atoms with Crippen LogP contribution in [0.5, 0.6) is 0 Å². The minimum Gasteiger partial charge on any atom is -0.504 e. The van der Waals surface area contributed by atoms with Gasteiger partial charge < -0.3 is 14.9 Å². The minimum absolute atomic E-state index is 0.0637. The van der Waals surface area contributed by atoms with Crippen molar-refractivity contribution in [2.24, 2.45) is 33.0 Å². The number of aliphatic hydroxyl groups is 1. The molecule has 9 nitrogen and oxygen atoms in total. The molecule has 0 aromatic heterocycles. The molecule has 1 aromatic carbocycles. The van der Waals surface area contributed by atoms with Gasteiger partial charge in [0.05, 0.1) is 4.91 Å². The fourth-order valence-electron chi connectivity index (χ4n) is 11.8. The number of imide groups is 1. The summed E-state index contributed by atoms with van der Waals surface area (Å²) in [6.45, 7) is 14.9. The van der Waals surface area contributed by atoms with Crippen molar-refractivity contribution in [1.82, 2.24) is 14.7 Å². The summed E-state index contributed by atoms with van der Waals surface area (Å²) in [6.07, 6.45) is 14.4. The number of hydrogen-bond acceptors (Lipinski definition) is 7. The Labute approximate surface area is 342 Å². The van der Waals surface area contributed by atoms with Crippen LogP contribution in [0.25, 0.3) is 6.08 Å². The number of ketones is 1. The molecule has 11 heteroatoms. The summed E-state index contributed by atoms with van der Waals surface area (Å²) < 4.78 is 0.861. The molecular weight excluding hydrogens is 790 g/mol. The molecular formula is C45H52BrN3O6S. The largest absolute Gasteiger partial charge is 0.504 e. The Morgan fingerprint density at radius 2 is 1.62 bits per heavy atom. The predicted molar refractivity (Wildman–Crippen MR) is 221 cm³/mol. The lowest BCUT2D eigenvalue weighted by Crippen LogP contribution is -2.63. The fraction of sp³-hybridized carbons (Fsp3) is 0.533. The Morgan fingerprint density at radius 3 is 2.34 bits per heavy atom. The van der Waals surface area contributed by atoms with Crippen molar-refractivity contribution in [2.45, 2.75) is 86.5 Å². The number of halogens is 1. The molecule has 296 valence electrons. The summed E-state index contributed by atoms with van der Waals surface area (Å²) >= 11 is 4.27. The summed E-state index contributed by atoms with van der Waals surface area (Å²) in [6, 6.07) is 7.44. The summed E-state index contributed by atoms with van der Waals surface area (Å²) in [4.78, 5) is 71.8. The third-order valence-corrected chi connectivity index (χ3v) is 17.0. The second-order valence-electron chi connectivity index (χ2n) is 18.6. The van der Waals surface area contributed by atoms with Gasteiger partial charge in [0.2, 0.25) is 17.6 Å². The van der Waals surface area contributed by atoms with E-state index < -0.39 is 16.6 Å². The number of aliphatic hydroxyl groups excluding tert-OH is 1. The molecule has 2 aliphatic heterocycles. The highest BCUT2D eigenvalue weighted by Gasteiger charge is 2.67. The maximum atomic E-state index is 14.6. The minimum atomic E-state index is -0.535. The lowest BCUT2D eigenvalue weighted by atomic mass is 9.34. The zero-order valence-electron chi connectivity index (χ0n) is 33.3. The van der Waals surface area contributed by atoms with Gasteiger partial charge >= 0.3 is 0 Å². The summed E-state index contributed by atoms with van der Waals surface area (Å²) in [5, 5.41) is 10.0. The molecule has 56 heavy (non-hydrogen) atoms. The average Bonchev–Trinajstić information content (AvgIpc) is 3.42. The third kappa shape index (κ3) is 5.87. The van der Waals surface area contributed by atoms with Crippen LogP contribution in [0.4, 0.5) is 4.79 Å². The Hall–Kier alpha value is -3.70. The molecule has 5 fully saturated rings. The maximum absolute atomic E-state index is 14.6. The lowest BCUT2D eigenvalue weighted by Gasteiger charge is -2.70. The van der Waals surface area contributed by atoms with Gasteiger partial charge in [-0.05, 0) is 127 Å². The average molecular weight is 843 g/mol. The lowest BCUT2D eigenvalue weighted by molar-refractivity contribution is -0.175. The molecule has 0 bridgehead atoms. The first kappa shape index (κ1) is 39.1. The van der Waals surface area contributed by atoms with Crippen molar-refractivity contribution < 1.29 is 29.1 Å². The molecule has 6 atom stereocenters. The van der Waals surface area contributed by atoms with Gasteiger partial charge in [0.15, 0.2) is 5.76 Å². The molecule has 3 saturated carbocycles. The first-order chi connectivity index (χ1) is 26.3. The van der Waals surface area contributed by atoms with E-state index in [1.165, 1.54) is 5.57 Å². The molecule has 8 rings (SSSR count). The van der Waals surface area contributed by atoms with E-state index in [9.17, 15) is 29.1 Å². The number of fused-ring (bicyclic) bond motifs is 7. The fourth-order valence-corrected chi connectivity index (χ4v) is 13.1. The number of piperazine rings is 1. The second-order valence-corrected chi connectivity index (χ2v) is 20.5. The van der Waals surface area contributed by atoms with E-state index in [4.69, 9.17) is 0 Å². The van der Waals surface area contributed by atoms with Gasteiger partial charge in [-0.3, -0.25) is 28.9 Å². The number of nitrogens with zero attached hydrogens (tertiary/aromatic N) is 3. The number of carbonyl (C=O) groups is 5. The zero-order valence-corrected chi connectivity index (χ0v) is 35.7. The van der Waals surface area contributed by atoms with Crippen LogP contribution in [0.3, 0.4) is 0 Å². The van der Waals surface area contributed by atoms with E-state index in [2.05, 4.69) is 62.7 Å². The summed E-state index contributed by atoms with van der Waals surface area (Å²) in [7, 11) is 0. The van der Waals surface area contributed by atoms with Gasteiger partial charge in [0.25, 0.3) is 11.1 Å². The number of thioether (sulfide) groups is 1. The molecule has 1 N–H and O–H groups in total. The topological polar surface area (TPSA) is 115 Å². The standard InChI is InChI=1S/C45H52BrN3O6S/c1-27-30-10-11-34-43(4,31(30)24-32(50)37(27)52)15-17-45(6)35-25-42(3,13-12-41(35,2)14-16-44(34,45)5)39(54)48-20-18-47(19-21-48)36(51)26-49-38(53)33(56-40(49)55)23-28-8-7-9-29(46)22-28/h7-11,22-24,35,52H,12-21,25-26H2,1-6H3/b33-23-/t35-,41-,42-,43+,44-,45+/m1/s1. The van der Waals surface area contributed by atoms with E-state index in [0.717, 1.165) is 82.8 Å². The van der Waals surface area contributed by atoms with Crippen LogP contribution in [0, 0.1) is 33.0 Å². The first-order valence-electron chi connectivity index (χ1n) is 20.0. The highest BCUT2D eigenvalue weighted by Crippen LogP contribution is 2.75. The van der Waals surface area contributed by atoms with Crippen molar-refractivity contribution >= 4 is 62.5 Å². The van der Waals surface area contributed by atoms with Crippen LogP contribution in [0.2, 0.25) is 0 Å². The molecule has 2 heterocycles. The van der Waals surface area contributed by atoms with Crippen molar-refractivity contribution in [2.75, 3.05) is 32.7 Å². The van der Waals surface area contributed by atoms with Gasteiger partial charge in [0, 0.05) is 47.1 Å². The third-order valence-electron chi connectivity index (χ3n) is 15.6. The monoisotopic (exact) mass is 841 g/mol. The first-order valence-corrected chi connectivity index (χ1v) is 21.6. The Bertz CT molecular complexity index is 2150. The van der Waals surface area contributed by atoms with Crippen molar-refractivity contribution in [3.8, 4) is 0 Å². The van der Waals surface area contributed by atoms with Gasteiger partial charge in [-0.1, -0.05) is 80.4 Å². The number of rotatable bonds is 4. The van der Waals surface area contributed by atoms with E-state index in [1.807, 2.05) is 36.1 Å². The molecule has 0 unspecified atom stereocenters. The van der Waals surface area contributed by atoms with Crippen LogP contribution in [0.15, 0.2) is 79.9 Å². The molecule has 2 saturated heterocycles. The molecule has 0 spiro atoms. The van der Waals surface area contributed by atoms with Gasteiger partial charge in [-0.25, -0.2) is 0 Å². The Morgan fingerprint density at radius 1 is 0.929 bits per heavy atom. The van der Waals surface area contributed by atoms with E-state index in [0.29, 0.717) is 37.7 Å². The van der Waals surface area contributed by atoms with Crippen molar-refractivity contribution in [3.63, 3.8) is 0 Å². The number of amides is 4. The van der Waals surface area contributed by atoms with Crippen LogP contribution < -0.4 is 0 Å². The highest BCUT2D eigenvalue weighted by molar-refractivity contribution is 9.10. The molecule has 7 aliphatic rings. The summed E-state index contributed by atoms with van der Waals surface area (Å²) in [5.41, 5.74) is 3.89. The van der Waals surface area contributed by atoms with Crippen LogP contribution in [0.1, 0.15) is 92.1 Å². The molecule has 4 amide bonds. The van der Waals surface area contributed by atoms with Gasteiger partial charge in [-0.15, -0.1) is 0 Å². The molecule has 0 radical (unpaired) electrons. The molecule has 5 aliphatic carbocycles. The Balaban J connectivity index is 0.952. The second kappa shape index (κ2) is 13.4. The quantitative estimate of drug-likeness (QED) is 0.302. The zero-order chi connectivity index (χ0) is 40.2. The molecule has 1 aromatic rings. The van der Waals surface area contributed by atoms with E-state index >= 15 is 0 Å². The van der Waals surface area contributed by atoms with Crippen LogP contribution in [-0.2, 0) is 19.2 Å². The van der Waals surface area contributed by atoms with Crippen LogP contribution >= 0.6 is 27.7 Å².